The maximum atomic E-state index is 11.8. The molecule has 2 atom stereocenters. The van der Waals surface area contributed by atoms with Gasteiger partial charge >= 0.3 is 0 Å². The van der Waals surface area contributed by atoms with Crippen LogP contribution in [0.4, 0.5) is 0 Å². The van der Waals surface area contributed by atoms with Crippen molar-refractivity contribution < 1.29 is 14.6 Å². The number of carbonyl (C=O) groups excluding carboxylic acids is 1. The average Bonchev–Trinajstić information content (AvgIpc) is 2.72. The van der Waals surface area contributed by atoms with E-state index in [9.17, 15) is 9.90 Å². The summed E-state index contributed by atoms with van der Waals surface area (Å²) >= 11 is 1.53. The van der Waals surface area contributed by atoms with E-state index in [1.54, 1.807) is 7.11 Å². The molecular formula is C14H19NO3S. The lowest BCUT2D eigenvalue weighted by Gasteiger charge is -2.17. The Morgan fingerprint density at radius 3 is 3.11 bits per heavy atom. The minimum atomic E-state index is -0.523. The molecule has 1 aliphatic carbocycles. The molecule has 0 aromatic heterocycles. The fraction of sp³-hybridized carbons (Fsp3) is 0.500. The molecule has 1 aliphatic rings. The highest BCUT2D eigenvalue weighted by molar-refractivity contribution is 7.99. The van der Waals surface area contributed by atoms with Crippen molar-refractivity contribution in [2.45, 2.75) is 18.6 Å². The highest BCUT2D eigenvalue weighted by Gasteiger charge is 2.31. The number of hydrogen-bond donors (Lipinski definition) is 2. The predicted molar refractivity (Wildman–Crippen MR) is 76.2 cm³/mol. The van der Waals surface area contributed by atoms with Crippen LogP contribution in [0.1, 0.15) is 17.2 Å². The lowest BCUT2D eigenvalue weighted by atomic mass is 10.1. The number of fused-ring (bicyclic) bond motifs is 1. The van der Waals surface area contributed by atoms with Gasteiger partial charge < -0.3 is 15.2 Å². The highest BCUT2D eigenvalue weighted by Crippen LogP contribution is 2.31. The van der Waals surface area contributed by atoms with Gasteiger partial charge in [-0.25, -0.2) is 0 Å². The smallest absolute Gasteiger partial charge is 0.230 e. The number of hydrogen-bond acceptors (Lipinski definition) is 4. The zero-order valence-electron chi connectivity index (χ0n) is 11.0. The molecule has 2 rings (SSSR count). The summed E-state index contributed by atoms with van der Waals surface area (Å²) in [5.41, 5.74) is 2.15. The van der Waals surface area contributed by atoms with Gasteiger partial charge in [-0.2, -0.15) is 0 Å². The molecule has 1 aromatic carbocycles. The average molecular weight is 281 g/mol. The second kappa shape index (κ2) is 6.93. The number of amides is 1. The molecule has 1 aromatic rings. The Balaban J connectivity index is 1.87. The number of thioether (sulfide) groups is 1. The molecule has 0 spiro atoms. The molecule has 2 N–H and O–H groups in total. The molecule has 0 heterocycles. The molecule has 19 heavy (non-hydrogen) atoms. The molecule has 0 radical (unpaired) electrons. The van der Waals surface area contributed by atoms with E-state index < -0.39 is 6.10 Å². The molecule has 0 fully saturated rings. The summed E-state index contributed by atoms with van der Waals surface area (Å²) in [6.07, 6.45) is 0.0862. The number of nitrogens with one attached hydrogen (secondary N) is 1. The van der Waals surface area contributed by atoms with Crippen LogP contribution in [0, 0.1) is 0 Å². The maximum absolute atomic E-state index is 11.8. The van der Waals surface area contributed by atoms with Gasteiger partial charge in [-0.1, -0.05) is 24.3 Å². The monoisotopic (exact) mass is 281 g/mol. The summed E-state index contributed by atoms with van der Waals surface area (Å²) in [4.78, 5) is 11.8. The Bertz CT molecular complexity index is 438. The molecule has 0 saturated carbocycles. The number of rotatable bonds is 6. The third-order valence-electron chi connectivity index (χ3n) is 3.19. The van der Waals surface area contributed by atoms with Crippen LogP contribution in [0.3, 0.4) is 0 Å². The lowest BCUT2D eigenvalue weighted by Crippen LogP contribution is -2.35. The summed E-state index contributed by atoms with van der Waals surface area (Å²) in [5, 5.41) is 12.9. The van der Waals surface area contributed by atoms with Crippen molar-refractivity contribution in [3.63, 3.8) is 0 Å². The van der Waals surface area contributed by atoms with Gasteiger partial charge in [-0.05, 0) is 11.1 Å². The van der Waals surface area contributed by atoms with Crippen LogP contribution in [-0.4, -0.2) is 42.3 Å². The van der Waals surface area contributed by atoms with E-state index in [-0.39, 0.29) is 11.9 Å². The summed E-state index contributed by atoms with van der Waals surface area (Å²) in [5.74, 6) is 1.16. The minimum absolute atomic E-state index is 0.0399. The van der Waals surface area contributed by atoms with Crippen LogP contribution >= 0.6 is 11.8 Å². The normalized spacial score (nSPS) is 21.2. The number of aliphatic hydroxyl groups is 1. The first-order valence-electron chi connectivity index (χ1n) is 6.34. The van der Waals surface area contributed by atoms with Crippen LogP contribution < -0.4 is 5.32 Å². The Morgan fingerprint density at radius 2 is 2.32 bits per heavy atom. The van der Waals surface area contributed by atoms with Gasteiger partial charge in [0.15, 0.2) is 0 Å². The number of aliphatic hydroxyl groups excluding tert-OH is 1. The Labute approximate surface area is 117 Å². The maximum Gasteiger partial charge on any atom is 0.230 e. The zero-order chi connectivity index (χ0) is 13.7. The molecular weight excluding hydrogens is 262 g/mol. The van der Waals surface area contributed by atoms with Gasteiger partial charge in [-0.15, -0.1) is 11.8 Å². The van der Waals surface area contributed by atoms with Gasteiger partial charge in [-0.3, -0.25) is 4.79 Å². The standard InChI is InChI=1S/C14H19NO3S/c1-18-6-7-19-9-13(17)15-14-11-5-3-2-4-10(11)8-12(14)16/h2-5,12,14,16H,6-9H2,1H3,(H,15,17)/t12-,14+/m1/s1. The van der Waals surface area contributed by atoms with Gasteiger partial charge in [0.2, 0.25) is 5.91 Å². The number of benzene rings is 1. The van der Waals surface area contributed by atoms with Crippen LogP contribution in [0.2, 0.25) is 0 Å². The van der Waals surface area contributed by atoms with Crippen molar-refractivity contribution in [2.24, 2.45) is 0 Å². The van der Waals surface area contributed by atoms with E-state index in [0.717, 1.165) is 16.9 Å². The van der Waals surface area contributed by atoms with Gasteiger partial charge in [0.05, 0.1) is 24.5 Å². The van der Waals surface area contributed by atoms with Gasteiger partial charge in [0, 0.05) is 19.3 Å². The topological polar surface area (TPSA) is 58.6 Å². The Kier molecular flexibility index (Phi) is 5.24. The summed E-state index contributed by atoms with van der Waals surface area (Å²) in [6, 6.07) is 7.58. The summed E-state index contributed by atoms with van der Waals surface area (Å²) in [7, 11) is 1.65. The zero-order valence-corrected chi connectivity index (χ0v) is 11.8. The molecule has 0 bridgehead atoms. The summed E-state index contributed by atoms with van der Waals surface area (Å²) < 4.78 is 4.93. The fourth-order valence-electron chi connectivity index (χ4n) is 2.27. The second-order valence-electron chi connectivity index (χ2n) is 4.56. The Hall–Kier alpha value is -1.04. The first kappa shape index (κ1) is 14.4. The second-order valence-corrected chi connectivity index (χ2v) is 5.67. The third kappa shape index (κ3) is 3.72. The van der Waals surface area contributed by atoms with E-state index in [2.05, 4.69) is 5.32 Å². The molecule has 5 heteroatoms. The van der Waals surface area contributed by atoms with E-state index in [1.807, 2.05) is 24.3 Å². The van der Waals surface area contributed by atoms with Crippen molar-refractivity contribution in [3.05, 3.63) is 35.4 Å². The van der Waals surface area contributed by atoms with E-state index in [1.165, 1.54) is 11.8 Å². The third-order valence-corrected chi connectivity index (χ3v) is 4.11. The largest absolute Gasteiger partial charge is 0.390 e. The first-order chi connectivity index (χ1) is 9.22. The van der Waals surface area contributed by atoms with Crippen LogP contribution in [0.25, 0.3) is 0 Å². The van der Waals surface area contributed by atoms with Crippen LogP contribution in [0.5, 0.6) is 0 Å². The summed E-state index contributed by atoms with van der Waals surface area (Å²) in [6.45, 7) is 0.646. The highest BCUT2D eigenvalue weighted by atomic mass is 32.2. The number of ether oxygens (including phenoxy) is 1. The SMILES string of the molecule is COCCSCC(=O)N[C@H]1c2ccccc2C[C@H]1O. The quantitative estimate of drug-likeness (QED) is 0.768. The van der Waals surface area contributed by atoms with E-state index in [4.69, 9.17) is 4.74 Å². The van der Waals surface area contributed by atoms with Gasteiger partial charge in [0.25, 0.3) is 0 Å². The molecule has 0 aliphatic heterocycles. The minimum Gasteiger partial charge on any atom is -0.390 e. The number of methoxy groups -OCH3 is 1. The van der Waals surface area contributed by atoms with Gasteiger partial charge in [0.1, 0.15) is 0 Å². The fourth-order valence-corrected chi connectivity index (χ4v) is 2.97. The van der Waals surface area contributed by atoms with Crippen molar-refractivity contribution >= 4 is 17.7 Å². The molecule has 0 saturated heterocycles. The predicted octanol–water partition coefficient (Wildman–Crippen LogP) is 1.14. The van der Waals surface area contributed by atoms with Crippen molar-refractivity contribution in [3.8, 4) is 0 Å². The first-order valence-corrected chi connectivity index (χ1v) is 7.49. The van der Waals surface area contributed by atoms with Crippen molar-refractivity contribution in [1.29, 1.82) is 0 Å². The number of carbonyl (C=O) groups is 1. The molecule has 1 amide bonds. The molecule has 4 nitrogen and oxygen atoms in total. The Morgan fingerprint density at radius 1 is 1.53 bits per heavy atom. The van der Waals surface area contributed by atoms with Crippen molar-refractivity contribution in [2.75, 3.05) is 25.2 Å². The lowest BCUT2D eigenvalue weighted by molar-refractivity contribution is -0.120. The van der Waals surface area contributed by atoms with Crippen LogP contribution in [-0.2, 0) is 16.0 Å². The van der Waals surface area contributed by atoms with E-state index >= 15 is 0 Å². The molecule has 0 unspecified atom stereocenters. The van der Waals surface area contributed by atoms with E-state index in [0.29, 0.717) is 18.8 Å². The molecule has 104 valence electrons. The van der Waals surface area contributed by atoms with Crippen molar-refractivity contribution in [1.82, 2.24) is 5.32 Å². The van der Waals surface area contributed by atoms with Crippen LogP contribution in [0.15, 0.2) is 24.3 Å².